The van der Waals surface area contributed by atoms with Crippen molar-refractivity contribution >= 4 is 23.4 Å². The highest BCUT2D eigenvalue weighted by Gasteiger charge is 2.11. The van der Waals surface area contributed by atoms with Crippen molar-refractivity contribution in [2.75, 3.05) is 12.4 Å². The molecule has 7 nitrogen and oxygen atoms in total. The number of ether oxygens (including phenoxy) is 1. The van der Waals surface area contributed by atoms with Gasteiger partial charge in [-0.15, -0.1) is 0 Å². The molecule has 0 spiro atoms. The number of nitrogens with one attached hydrogen (secondary N) is 3. The van der Waals surface area contributed by atoms with Crippen LogP contribution in [0, 0.1) is 0 Å². The molecule has 0 atom stereocenters. The van der Waals surface area contributed by atoms with E-state index < -0.39 is 11.8 Å². The van der Waals surface area contributed by atoms with E-state index in [0.717, 1.165) is 0 Å². The van der Waals surface area contributed by atoms with Crippen LogP contribution in [0.3, 0.4) is 0 Å². The fourth-order valence-electron chi connectivity index (χ4n) is 2.55. The normalized spacial score (nSPS) is 9.97. The Labute approximate surface area is 167 Å². The Hall–Kier alpha value is -4.13. The third-order valence-electron chi connectivity index (χ3n) is 4.04. The Morgan fingerprint density at radius 2 is 1.24 bits per heavy atom. The first kappa shape index (κ1) is 19.6. The van der Waals surface area contributed by atoms with Crippen molar-refractivity contribution in [2.45, 2.75) is 0 Å². The largest absolute Gasteiger partial charge is 0.497 e. The SMILES string of the molecule is COc1cccc(C(=O)Nc2cccc(C(=O)NNC(=O)c3ccccc3)c2)c1. The first-order chi connectivity index (χ1) is 14.1. The maximum absolute atomic E-state index is 12.4. The highest BCUT2D eigenvalue weighted by molar-refractivity contribution is 6.05. The van der Waals surface area contributed by atoms with Crippen LogP contribution in [0.5, 0.6) is 5.75 Å². The number of methoxy groups -OCH3 is 1. The zero-order chi connectivity index (χ0) is 20.6. The zero-order valence-corrected chi connectivity index (χ0v) is 15.6. The number of hydrogen-bond donors (Lipinski definition) is 3. The monoisotopic (exact) mass is 389 g/mol. The Bertz CT molecular complexity index is 1030. The summed E-state index contributed by atoms with van der Waals surface area (Å²) >= 11 is 0. The summed E-state index contributed by atoms with van der Waals surface area (Å²) in [6, 6.07) is 21.6. The molecule has 7 heteroatoms. The van der Waals surface area contributed by atoms with Gasteiger partial charge >= 0.3 is 0 Å². The van der Waals surface area contributed by atoms with E-state index in [9.17, 15) is 14.4 Å². The summed E-state index contributed by atoms with van der Waals surface area (Å²) in [4.78, 5) is 36.7. The molecule has 3 aromatic rings. The maximum Gasteiger partial charge on any atom is 0.269 e. The van der Waals surface area contributed by atoms with Gasteiger partial charge in [0.05, 0.1) is 7.11 Å². The minimum Gasteiger partial charge on any atom is -0.497 e. The van der Waals surface area contributed by atoms with Gasteiger partial charge in [-0.05, 0) is 48.5 Å². The Kier molecular flexibility index (Phi) is 6.22. The molecule has 0 aliphatic rings. The van der Waals surface area contributed by atoms with E-state index in [1.807, 2.05) is 0 Å². The minimum absolute atomic E-state index is 0.279. The molecule has 0 radical (unpaired) electrons. The van der Waals surface area contributed by atoms with Gasteiger partial charge in [0, 0.05) is 22.4 Å². The number of anilines is 1. The third kappa shape index (κ3) is 5.20. The molecule has 0 saturated heterocycles. The summed E-state index contributed by atoms with van der Waals surface area (Å²) in [5.41, 5.74) is 6.29. The standard InChI is InChI=1S/C22H19N3O4/c1-29-19-12-6-10-17(14-19)20(26)23-18-11-5-9-16(13-18)22(28)25-24-21(27)15-7-3-2-4-8-15/h2-14H,1H3,(H,23,26)(H,24,27)(H,25,28). The topological polar surface area (TPSA) is 96.5 Å². The van der Waals surface area contributed by atoms with Crippen LogP contribution in [0.4, 0.5) is 5.69 Å². The lowest BCUT2D eigenvalue weighted by Gasteiger charge is -2.10. The van der Waals surface area contributed by atoms with Crippen molar-refractivity contribution in [2.24, 2.45) is 0 Å². The average molecular weight is 389 g/mol. The van der Waals surface area contributed by atoms with Crippen LogP contribution in [-0.2, 0) is 0 Å². The van der Waals surface area contributed by atoms with Crippen molar-refractivity contribution in [3.05, 3.63) is 95.6 Å². The smallest absolute Gasteiger partial charge is 0.269 e. The Morgan fingerprint density at radius 1 is 0.655 bits per heavy atom. The number of amides is 3. The lowest BCUT2D eigenvalue weighted by molar-refractivity contribution is 0.0846. The van der Waals surface area contributed by atoms with Crippen LogP contribution in [0.1, 0.15) is 31.1 Å². The van der Waals surface area contributed by atoms with Crippen LogP contribution < -0.4 is 20.9 Å². The number of carbonyl (C=O) groups excluding carboxylic acids is 3. The van der Waals surface area contributed by atoms with E-state index in [2.05, 4.69) is 16.2 Å². The quantitative estimate of drug-likeness (QED) is 0.585. The fourth-order valence-corrected chi connectivity index (χ4v) is 2.55. The van der Waals surface area contributed by atoms with E-state index in [-0.39, 0.29) is 11.5 Å². The van der Waals surface area contributed by atoms with Crippen LogP contribution in [0.2, 0.25) is 0 Å². The third-order valence-corrected chi connectivity index (χ3v) is 4.04. The van der Waals surface area contributed by atoms with Gasteiger partial charge in [-0.25, -0.2) is 0 Å². The van der Waals surface area contributed by atoms with Gasteiger partial charge in [0.1, 0.15) is 5.75 Å². The van der Waals surface area contributed by atoms with Crippen molar-refractivity contribution < 1.29 is 19.1 Å². The molecular weight excluding hydrogens is 370 g/mol. The number of rotatable bonds is 5. The second kappa shape index (κ2) is 9.18. The molecule has 0 unspecified atom stereocenters. The molecule has 146 valence electrons. The number of carbonyl (C=O) groups is 3. The first-order valence-corrected chi connectivity index (χ1v) is 8.78. The Morgan fingerprint density at radius 3 is 1.93 bits per heavy atom. The average Bonchev–Trinajstić information content (AvgIpc) is 2.78. The summed E-state index contributed by atoms with van der Waals surface area (Å²) in [7, 11) is 1.52. The molecular formula is C22H19N3O4. The molecule has 0 aromatic heterocycles. The zero-order valence-electron chi connectivity index (χ0n) is 15.6. The van der Waals surface area contributed by atoms with Crippen LogP contribution in [-0.4, -0.2) is 24.8 Å². The number of hydrogen-bond acceptors (Lipinski definition) is 4. The lowest BCUT2D eigenvalue weighted by Crippen LogP contribution is -2.41. The van der Waals surface area contributed by atoms with Crippen molar-refractivity contribution in [1.82, 2.24) is 10.9 Å². The summed E-state index contributed by atoms with van der Waals surface area (Å²) in [6.45, 7) is 0. The summed E-state index contributed by atoms with van der Waals surface area (Å²) in [5, 5.41) is 2.73. The first-order valence-electron chi connectivity index (χ1n) is 8.78. The molecule has 3 rings (SSSR count). The van der Waals surface area contributed by atoms with E-state index in [1.54, 1.807) is 72.8 Å². The van der Waals surface area contributed by atoms with Crippen molar-refractivity contribution in [3.63, 3.8) is 0 Å². The van der Waals surface area contributed by atoms with E-state index in [0.29, 0.717) is 22.6 Å². The van der Waals surface area contributed by atoms with Gasteiger partial charge in [0.2, 0.25) is 0 Å². The summed E-state index contributed by atoms with van der Waals surface area (Å²) in [6.07, 6.45) is 0. The van der Waals surface area contributed by atoms with Gasteiger partial charge < -0.3 is 10.1 Å². The lowest BCUT2D eigenvalue weighted by atomic mass is 10.1. The predicted octanol–water partition coefficient (Wildman–Crippen LogP) is 3.02. The highest BCUT2D eigenvalue weighted by atomic mass is 16.5. The maximum atomic E-state index is 12.4. The summed E-state index contributed by atoms with van der Waals surface area (Å²) in [5.74, 6) is -0.702. The number of benzene rings is 3. The molecule has 3 amide bonds. The predicted molar refractivity (Wildman–Crippen MR) is 109 cm³/mol. The Balaban J connectivity index is 1.63. The molecule has 0 saturated carbocycles. The van der Waals surface area contributed by atoms with Gasteiger partial charge in [0.25, 0.3) is 17.7 Å². The molecule has 0 bridgehead atoms. The van der Waals surface area contributed by atoms with E-state index >= 15 is 0 Å². The van der Waals surface area contributed by atoms with E-state index in [4.69, 9.17) is 4.74 Å². The van der Waals surface area contributed by atoms with E-state index in [1.165, 1.54) is 13.2 Å². The molecule has 0 aliphatic heterocycles. The number of hydrazine groups is 1. The van der Waals surface area contributed by atoms with Crippen molar-refractivity contribution in [1.29, 1.82) is 0 Å². The second-order valence-corrected chi connectivity index (χ2v) is 6.04. The molecule has 0 aliphatic carbocycles. The van der Waals surface area contributed by atoms with Gasteiger partial charge in [-0.3, -0.25) is 25.2 Å². The molecule has 0 fully saturated rings. The van der Waals surface area contributed by atoms with Crippen LogP contribution in [0.15, 0.2) is 78.9 Å². The van der Waals surface area contributed by atoms with Gasteiger partial charge in [-0.1, -0.05) is 30.3 Å². The summed E-state index contributed by atoms with van der Waals surface area (Å²) < 4.78 is 5.12. The van der Waals surface area contributed by atoms with Crippen molar-refractivity contribution in [3.8, 4) is 5.75 Å². The molecule has 29 heavy (non-hydrogen) atoms. The molecule has 3 aromatic carbocycles. The van der Waals surface area contributed by atoms with Gasteiger partial charge in [0.15, 0.2) is 0 Å². The second-order valence-electron chi connectivity index (χ2n) is 6.04. The molecule has 0 heterocycles. The molecule has 3 N–H and O–H groups in total. The minimum atomic E-state index is -0.508. The fraction of sp³-hybridized carbons (Fsp3) is 0.0455. The van der Waals surface area contributed by atoms with Gasteiger partial charge in [-0.2, -0.15) is 0 Å². The highest BCUT2D eigenvalue weighted by Crippen LogP contribution is 2.16. The van der Waals surface area contributed by atoms with Crippen LogP contribution in [0.25, 0.3) is 0 Å². The van der Waals surface area contributed by atoms with Crippen LogP contribution >= 0.6 is 0 Å².